The predicted molar refractivity (Wildman–Crippen MR) is 55.8 cm³/mol. The smallest absolute Gasteiger partial charge is 0.417 e. The van der Waals surface area contributed by atoms with Crippen molar-refractivity contribution in [3.05, 3.63) is 39.9 Å². The van der Waals surface area contributed by atoms with Crippen molar-refractivity contribution in [3.63, 3.8) is 0 Å². The average molecular weight is 295 g/mol. The second kappa shape index (κ2) is 4.69. The van der Waals surface area contributed by atoms with Gasteiger partial charge >= 0.3 is 12.1 Å². The highest BCUT2D eigenvalue weighted by atomic mass is 79.9. The lowest BCUT2D eigenvalue weighted by atomic mass is 10.1. The molecule has 1 rings (SSSR count). The van der Waals surface area contributed by atoms with Gasteiger partial charge in [0.1, 0.15) is 0 Å². The van der Waals surface area contributed by atoms with Crippen molar-refractivity contribution in [2.75, 3.05) is 0 Å². The highest BCUT2D eigenvalue weighted by Crippen LogP contribution is 2.34. The molecule has 0 unspecified atom stereocenters. The fourth-order valence-corrected chi connectivity index (χ4v) is 1.44. The lowest BCUT2D eigenvalue weighted by Crippen LogP contribution is -2.07. The lowest BCUT2D eigenvalue weighted by Gasteiger charge is -2.10. The number of aliphatic carboxylic acids is 1. The van der Waals surface area contributed by atoms with Crippen molar-refractivity contribution in [2.24, 2.45) is 0 Å². The Morgan fingerprint density at radius 2 is 2.00 bits per heavy atom. The molecule has 0 atom stereocenters. The molecule has 0 amide bonds. The Morgan fingerprint density at radius 1 is 1.38 bits per heavy atom. The van der Waals surface area contributed by atoms with E-state index in [1.807, 2.05) is 0 Å². The summed E-state index contributed by atoms with van der Waals surface area (Å²) in [7, 11) is 0. The van der Waals surface area contributed by atoms with Crippen LogP contribution in [-0.4, -0.2) is 11.1 Å². The van der Waals surface area contributed by atoms with Crippen LogP contribution in [0.3, 0.4) is 0 Å². The third kappa shape index (κ3) is 3.37. The number of carboxylic acids is 1. The number of alkyl halides is 3. The molecule has 0 aliphatic heterocycles. The van der Waals surface area contributed by atoms with Gasteiger partial charge in [0.15, 0.2) is 0 Å². The van der Waals surface area contributed by atoms with E-state index in [1.165, 1.54) is 12.1 Å². The quantitative estimate of drug-likeness (QED) is 0.847. The zero-order valence-electron chi connectivity index (χ0n) is 7.75. The molecule has 0 fully saturated rings. The van der Waals surface area contributed by atoms with E-state index in [-0.39, 0.29) is 10.0 Å². The molecule has 0 aliphatic carbocycles. The van der Waals surface area contributed by atoms with Gasteiger partial charge in [0, 0.05) is 10.5 Å². The van der Waals surface area contributed by atoms with E-state index in [4.69, 9.17) is 5.11 Å². The van der Waals surface area contributed by atoms with Gasteiger partial charge in [0.05, 0.1) is 5.56 Å². The molecule has 0 heterocycles. The molecule has 0 saturated heterocycles. The normalized spacial score (nSPS) is 12.0. The Labute approximate surface area is 97.5 Å². The number of hydrogen-bond acceptors (Lipinski definition) is 1. The SMILES string of the molecule is O=C(O)/C=C\c1ccc(Br)cc1C(F)(F)F. The summed E-state index contributed by atoms with van der Waals surface area (Å²) in [4.78, 5) is 10.2. The van der Waals surface area contributed by atoms with E-state index < -0.39 is 17.7 Å². The molecular formula is C10H6BrF3O2. The van der Waals surface area contributed by atoms with Crippen LogP contribution >= 0.6 is 15.9 Å². The van der Waals surface area contributed by atoms with Crippen molar-refractivity contribution in [3.8, 4) is 0 Å². The van der Waals surface area contributed by atoms with E-state index in [2.05, 4.69) is 15.9 Å². The molecule has 1 aromatic carbocycles. The summed E-state index contributed by atoms with van der Waals surface area (Å²) >= 11 is 2.93. The predicted octanol–water partition coefficient (Wildman–Crippen LogP) is 3.57. The number of rotatable bonds is 2. The van der Waals surface area contributed by atoms with Gasteiger partial charge in [-0.1, -0.05) is 22.0 Å². The fraction of sp³-hybridized carbons (Fsp3) is 0.100. The third-order valence-electron chi connectivity index (χ3n) is 1.73. The van der Waals surface area contributed by atoms with Crippen LogP contribution in [0.4, 0.5) is 13.2 Å². The molecule has 1 aromatic rings. The van der Waals surface area contributed by atoms with Gasteiger partial charge in [-0.3, -0.25) is 0 Å². The molecule has 86 valence electrons. The zero-order chi connectivity index (χ0) is 12.3. The molecule has 0 aliphatic rings. The fourth-order valence-electron chi connectivity index (χ4n) is 1.08. The van der Waals surface area contributed by atoms with Crippen LogP contribution in [0.2, 0.25) is 0 Å². The molecule has 6 heteroatoms. The number of carbonyl (C=O) groups is 1. The molecule has 0 radical (unpaired) electrons. The average Bonchev–Trinajstić information content (AvgIpc) is 2.14. The monoisotopic (exact) mass is 294 g/mol. The van der Waals surface area contributed by atoms with Crippen molar-refractivity contribution in [2.45, 2.75) is 6.18 Å². The van der Waals surface area contributed by atoms with Gasteiger partial charge in [-0.25, -0.2) is 4.79 Å². The van der Waals surface area contributed by atoms with Gasteiger partial charge in [0.25, 0.3) is 0 Å². The van der Waals surface area contributed by atoms with Crippen LogP contribution in [-0.2, 0) is 11.0 Å². The Hall–Kier alpha value is -1.30. The zero-order valence-corrected chi connectivity index (χ0v) is 9.34. The molecule has 2 nitrogen and oxygen atoms in total. The first-order valence-corrected chi connectivity index (χ1v) is 4.88. The summed E-state index contributed by atoms with van der Waals surface area (Å²) in [6, 6.07) is 3.52. The minimum absolute atomic E-state index is 0.182. The Morgan fingerprint density at radius 3 is 2.50 bits per heavy atom. The number of carboxylic acid groups (broad SMARTS) is 1. The second-order valence-corrected chi connectivity index (χ2v) is 3.82. The van der Waals surface area contributed by atoms with Gasteiger partial charge in [-0.15, -0.1) is 0 Å². The molecule has 0 saturated carbocycles. The molecule has 0 spiro atoms. The number of benzene rings is 1. The van der Waals surface area contributed by atoms with Crippen LogP contribution in [0.5, 0.6) is 0 Å². The highest BCUT2D eigenvalue weighted by molar-refractivity contribution is 9.10. The first-order chi connectivity index (χ1) is 7.30. The molecule has 0 bridgehead atoms. The Kier molecular flexibility index (Phi) is 3.74. The van der Waals surface area contributed by atoms with Gasteiger partial charge in [0.2, 0.25) is 0 Å². The van der Waals surface area contributed by atoms with Gasteiger partial charge < -0.3 is 5.11 Å². The van der Waals surface area contributed by atoms with E-state index in [9.17, 15) is 18.0 Å². The van der Waals surface area contributed by atoms with Crippen molar-refractivity contribution in [1.29, 1.82) is 0 Å². The maximum absolute atomic E-state index is 12.6. The van der Waals surface area contributed by atoms with Gasteiger partial charge in [-0.2, -0.15) is 13.2 Å². The maximum Gasteiger partial charge on any atom is 0.417 e. The third-order valence-corrected chi connectivity index (χ3v) is 2.22. The summed E-state index contributed by atoms with van der Waals surface area (Å²) in [5.41, 5.74) is -1.06. The molecular weight excluding hydrogens is 289 g/mol. The van der Waals surface area contributed by atoms with E-state index in [1.54, 1.807) is 0 Å². The van der Waals surface area contributed by atoms with Crippen LogP contribution in [0.25, 0.3) is 6.08 Å². The summed E-state index contributed by atoms with van der Waals surface area (Å²) in [5.74, 6) is -1.30. The summed E-state index contributed by atoms with van der Waals surface area (Å²) in [6.07, 6.45) is -2.93. The Balaban J connectivity index is 3.23. The van der Waals surface area contributed by atoms with E-state index in [0.29, 0.717) is 6.08 Å². The first kappa shape index (κ1) is 12.8. The minimum Gasteiger partial charge on any atom is -0.478 e. The van der Waals surface area contributed by atoms with Crippen molar-refractivity contribution < 1.29 is 23.1 Å². The van der Waals surface area contributed by atoms with Crippen molar-refractivity contribution in [1.82, 2.24) is 0 Å². The van der Waals surface area contributed by atoms with E-state index >= 15 is 0 Å². The molecule has 1 N–H and O–H groups in total. The Bertz CT molecular complexity index is 438. The lowest BCUT2D eigenvalue weighted by molar-refractivity contribution is -0.138. The van der Waals surface area contributed by atoms with Crippen LogP contribution in [0, 0.1) is 0 Å². The summed E-state index contributed by atoms with van der Waals surface area (Å²) < 4.78 is 37.9. The van der Waals surface area contributed by atoms with Crippen LogP contribution in [0.15, 0.2) is 28.7 Å². The molecule has 0 aromatic heterocycles. The maximum atomic E-state index is 12.6. The summed E-state index contributed by atoms with van der Waals surface area (Å²) in [6.45, 7) is 0. The van der Waals surface area contributed by atoms with Gasteiger partial charge in [-0.05, 0) is 23.8 Å². The minimum atomic E-state index is -4.51. The topological polar surface area (TPSA) is 37.3 Å². The number of halogens is 4. The highest BCUT2D eigenvalue weighted by Gasteiger charge is 2.32. The number of hydrogen-bond donors (Lipinski definition) is 1. The standard InChI is InChI=1S/C10H6BrF3O2/c11-7-3-1-6(2-4-9(15)16)8(5-7)10(12,13)14/h1-5H,(H,15,16)/b4-2-. The largest absolute Gasteiger partial charge is 0.478 e. The molecule has 16 heavy (non-hydrogen) atoms. The van der Waals surface area contributed by atoms with Crippen molar-refractivity contribution >= 4 is 28.0 Å². The van der Waals surface area contributed by atoms with Crippen LogP contribution in [0.1, 0.15) is 11.1 Å². The second-order valence-electron chi connectivity index (χ2n) is 2.90. The first-order valence-electron chi connectivity index (χ1n) is 4.08. The summed E-state index contributed by atoms with van der Waals surface area (Å²) in [5, 5.41) is 8.35. The van der Waals surface area contributed by atoms with Crippen LogP contribution < -0.4 is 0 Å². The van der Waals surface area contributed by atoms with E-state index in [0.717, 1.165) is 12.1 Å².